The summed E-state index contributed by atoms with van der Waals surface area (Å²) in [5.41, 5.74) is 2.05. The van der Waals surface area contributed by atoms with Crippen molar-refractivity contribution in [3.63, 3.8) is 0 Å². The Hall–Kier alpha value is -3.12. The number of hydrogen-bond donors (Lipinski definition) is 1. The maximum absolute atomic E-state index is 13.7. The van der Waals surface area contributed by atoms with E-state index >= 15 is 0 Å². The summed E-state index contributed by atoms with van der Waals surface area (Å²) in [5, 5.41) is 11.9. The zero-order chi connectivity index (χ0) is 21.6. The SMILES string of the molecule is Cc1c(N2C[C@](O)(c3ccccc3)[N+]3=C2CCCCC3)c(=O)n(-c2ccccc2)n1C. The van der Waals surface area contributed by atoms with Gasteiger partial charge >= 0.3 is 5.56 Å². The topological polar surface area (TPSA) is 53.4 Å². The van der Waals surface area contributed by atoms with E-state index in [9.17, 15) is 9.90 Å². The van der Waals surface area contributed by atoms with Crippen molar-refractivity contribution in [2.24, 2.45) is 7.05 Å². The number of para-hydroxylation sites is 1. The molecule has 3 heterocycles. The molecule has 0 radical (unpaired) electrons. The smallest absolute Gasteiger partial charge is 0.318 e. The lowest BCUT2D eigenvalue weighted by Crippen LogP contribution is -2.41. The van der Waals surface area contributed by atoms with Gasteiger partial charge in [0.25, 0.3) is 11.6 Å². The zero-order valence-electron chi connectivity index (χ0n) is 18.2. The molecule has 31 heavy (non-hydrogen) atoms. The van der Waals surface area contributed by atoms with Gasteiger partial charge in [-0.05, 0) is 38.3 Å². The van der Waals surface area contributed by atoms with Gasteiger partial charge in [0.05, 0.1) is 17.9 Å². The first kappa shape index (κ1) is 19.8. The van der Waals surface area contributed by atoms with Crippen LogP contribution in [0.2, 0.25) is 0 Å². The lowest BCUT2D eigenvalue weighted by molar-refractivity contribution is -0.658. The van der Waals surface area contributed by atoms with E-state index in [0.717, 1.165) is 55.0 Å². The summed E-state index contributed by atoms with van der Waals surface area (Å²) in [7, 11) is 1.92. The zero-order valence-corrected chi connectivity index (χ0v) is 18.2. The van der Waals surface area contributed by atoms with E-state index in [1.807, 2.05) is 79.3 Å². The van der Waals surface area contributed by atoms with Crippen molar-refractivity contribution < 1.29 is 9.68 Å². The molecule has 0 bridgehead atoms. The van der Waals surface area contributed by atoms with Crippen molar-refractivity contribution in [1.29, 1.82) is 0 Å². The van der Waals surface area contributed by atoms with E-state index in [1.165, 1.54) is 0 Å². The second-order valence-corrected chi connectivity index (χ2v) is 8.56. The molecule has 160 valence electrons. The largest absolute Gasteiger partial charge is 0.346 e. The van der Waals surface area contributed by atoms with E-state index in [-0.39, 0.29) is 5.56 Å². The third-order valence-electron chi connectivity index (χ3n) is 6.76. The van der Waals surface area contributed by atoms with Gasteiger partial charge in [0.15, 0.2) is 6.54 Å². The van der Waals surface area contributed by atoms with Crippen LogP contribution in [0.25, 0.3) is 5.69 Å². The summed E-state index contributed by atoms with van der Waals surface area (Å²) in [6.07, 6.45) is 4.08. The fourth-order valence-electron chi connectivity index (χ4n) is 5.10. The molecule has 0 amide bonds. The number of benzene rings is 2. The summed E-state index contributed by atoms with van der Waals surface area (Å²) in [6.45, 7) is 3.12. The highest BCUT2D eigenvalue weighted by molar-refractivity contribution is 5.96. The average molecular weight is 418 g/mol. The molecule has 1 N–H and O–H groups in total. The summed E-state index contributed by atoms with van der Waals surface area (Å²) in [4.78, 5) is 15.8. The van der Waals surface area contributed by atoms with Gasteiger partial charge in [0, 0.05) is 19.0 Å². The second kappa shape index (κ2) is 7.54. The predicted octanol–water partition coefficient (Wildman–Crippen LogP) is 3.13. The molecule has 0 saturated carbocycles. The summed E-state index contributed by atoms with van der Waals surface area (Å²) >= 11 is 0. The van der Waals surface area contributed by atoms with Gasteiger partial charge in [-0.2, -0.15) is 0 Å². The summed E-state index contributed by atoms with van der Waals surface area (Å²) in [6, 6.07) is 19.6. The molecular weight excluding hydrogens is 388 g/mol. The molecule has 2 aromatic carbocycles. The Kier molecular flexibility index (Phi) is 4.82. The maximum Gasteiger partial charge on any atom is 0.318 e. The standard InChI is InChI=1S/C25H29N4O2/c1-19-23(24(30)29(26(19)2)21-14-8-4-9-15-21)27-18-25(31,20-12-6-3-7-13-20)28-17-11-5-10-16-22(27)28/h3-4,6-9,12-15,31H,5,10-11,16-18H2,1-2H3/q+1/t25-/m0/s1. The number of aliphatic hydroxyl groups is 1. The van der Waals surface area contributed by atoms with E-state index < -0.39 is 5.72 Å². The van der Waals surface area contributed by atoms with Gasteiger partial charge in [-0.1, -0.05) is 48.5 Å². The monoisotopic (exact) mass is 417 g/mol. The molecule has 6 nitrogen and oxygen atoms in total. The highest BCUT2D eigenvalue weighted by atomic mass is 16.3. The lowest BCUT2D eigenvalue weighted by Gasteiger charge is -2.23. The molecule has 0 fully saturated rings. The molecule has 6 heteroatoms. The third kappa shape index (κ3) is 3.05. The molecule has 2 aliphatic heterocycles. The Bertz CT molecular complexity index is 1190. The van der Waals surface area contributed by atoms with Crippen molar-refractivity contribution in [2.45, 2.75) is 38.3 Å². The minimum absolute atomic E-state index is 0.0554. The molecule has 0 spiro atoms. The van der Waals surface area contributed by atoms with Crippen LogP contribution in [0.3, 0.4) is 0 Å². The highest BCUT2D eigenvalue weighted by Gasteiger charge is 2.53. The normalized spacial score (nSPS) is 21.3. The van der Waals surface area contributed by atoms with E-state index in [0.29, 0.717) is 12.2 Å². The van der Waals surface area contributed by atoms with Crippen LogP contribution >= 0.6 is 0 Å². The Balaban J connectivity index is 1.68. The molecule has 0 unspecified atom stereocenters. The van der Waals surface area contributed by atoms with Crippen LogP contribution in [0.15, 0.2) is 65.5 Å². The van der Waals surface area contributed by atoms with Crippen LogP contribution in [-0.4, -0.2) is 38.0 Å². The van der Waals surface area contributed by atoms with Crippen LogP contribution in [-0.2, 0) is 12.8 Å². The van der Waals surface area contributed by atoms with Crippen molar-refractivity contribution in [3.8, 4) is 5.69 Å². The fraction of sp³-hybridized carbons (Fsp3) is 0.360. The second-order valence-electron chi connectivity index (χ2n) is 8.56. The Morgan fingerprint density at radius 3 is 2.35 bits per heavy atom. The van der Waals surface area contributed by atoms with Gasteiger partial charge in [-0.15, -0.1) is 0 Å². The number of hydrogen-bond acceptors (Lipinski definition) is 3. The number of anilines is 1. The first-order valence-corrected chi connectivity index (χ1v) is 11.1. The first-order valence-electron chi connectivity index (χ1n) is 11.1. The lowest BCUT2D eigenvalue weighted by atomic mass is 10.0. The van der Waals surface area contributed by atoms with Gasteiger partial charge in [0.2, 0.25) is 5.69 Å². The Morgan fingerprint density at radius 1 is 0.968 bits per heavy atom. The number of aromatic nitrogens is 2. The first-order chi connectivity index (χ1) is 15.0. The van der Waals surface area contributed by atoms with Crippen LogP contribution in [0.4, 0.5) is 5.69 Å². The number of rotatable bonds is 3. The molecule has 2 aliphatic rings. The molecule has 3 aromatic rings. The van der Waals surface area contributed by atoms with Crippen LogP contribution < -0.4 is 10.5 Å². The Labute approximate surface area is 182 Å². The maximum atomic E-state index is 13.7. The third-order valence-corrected chi connectivity index (χ3v) is 6.76. The van der Waals surface area contributed by atoms with E-state index in [1.54, 1.807) is 4.68 Å². The van der Waals surface area contributed by atoms with Crippen molar-refractivity contribution in [3.05, 3.63) is 82.3 Å². The number of amidine groups is 1. The minimum atomic E-state index is -1.15. The van der Waals surface area contributed by atoms with Crippen molar-refractivity contribution in [2.75, 3.05) is 18.0 Å². The van der Waals surface area contributed by atoms with Crippen LogP contribution in [0.1, 0.15) is 36.9 Å². The highest BCUT2D eigenvalue weighted by Crippen LogP contribution is 2.35. The number of β-amino-alcohol motifs (C(OH)–C–C–N with tert-alkyl or cyclic N) is 1. The molecule has 1 atom stereocenters. The van der Waals surface area contributed by atoms with E-state index in [4.69, 9.17) is 0 Å². The molecule has 5 rings (SSSR count). The van der Waals surface area contributed by atoms with Gasteiger partial charge in [0.1, 0.15) is 0 Å². The molecule has 0 saturated heterocycles. The molecule has 1 aromatic heterocycles. The summed E-state index contributed by atoms with van der Waals surface area (Å²) in [5.74, 6) is 1.05. The molecule has 0 aliphatic carbocycles. The van der Waals surface area contributed by atoms with Gasteiger partial charge in [-0.3, -0.25) is 9.48 Å². The van der Waals surface area contributed by atoms with Crippen LogP contribution in [0.5, 0.6) is 0 Å². The quantitative estimate of drug-likeness (QED) is 0.666. The fourth-order valence-corrected chi connectivity index (χ4v) is 5.10. The van der Waals surface area contributed by atoms with Gasteiger partial charge < -0.3 is 5.11 Å². The van der Waals surface area contributed by atoms with Crippen molar-refractivity contribution in [1.82, 2.24) is 9.36 Å². The van der Waals surface area contributed by atoms with E-state index in [2.05, 4.69) is 9.48 Å². The summed E-state index contributed by atoms with van der Waals surface area (Å²) < 4.78 is 5.76. The molecular formula is C25H29N4O2+. The van der Waals surface area contributed by atoms with Gasteiger partial charge in [-0.25, -0.2) is 14.2 Å². The van der Waals surface area contributed by atoms with Crippen molar-refractivity contribution >= 4 is 11.5 Å². The predicted molar refractivity (Wildman–Crippen MR) is 122 cm³/mol. The minimum Gasteiger partial charge on any atom is -0.346 e. The number of nitrogens with zero attached hydrogens (tertiary/aromatic N) is 4. The average Bonchev–Trinajstić information content (AvgIpc) is 3.05. The Morgan fingerprint density at radius 2 is 1.65 bits per heavy atom. The van der Waals surface area contributed by atoms with Crippen LogP contribution in [0, 0.1) is 6.92 Å².